The van der Waals surface area contributed by atoms with Gasteiger partial charge >= 0.3 is 0 Å². The van der Waals surface area contributed by atoms with Crippen LogP contribution in [-0.2, 0) is 6.54 Å². The predicted octanol–water partition coefficient (Wildman–Crippen LogP) is 2.51. The van der Waals surface area contributed by atoms with Crippen molar-refractivity contribution in [1.29, 1.82) is 0 Å². The molecule has 3 nitrogen and oxygen atoms in total. The molecule has 0 aliphatic heterocycles. The Kier molecular flexibility index (Phi) is 2.72. The van der Waals surface area contributed by atoms with Crippen LogP contribution in [0.5, 0.6) is 0 Å². The highest BCUT2D eigenvalue weighted by Crippen LogP contribution is 2.47. The molecule has 2 aliphatic carbocycles. The molecule has 1 aromatic heterocycles. The summed E-state index contributed by atoms with van der Waals surface area (Å²) in [5, 5.41) is 3.49. The number of aryl methyl sites for hydroxylation is 1. The molecule has 0 amide bonds. The zero-order valence-electron chi connectivity index (χ0n) is 9.91. The van der Waals surface area contributed by atoms with Crippen LogP contribution in [0, 0.1) is 24.7 Å². The van der Waals surface area contributed by atoms with Gasteiger partial charge in [0.25, 0.3) is 0 Å². The number of oxazole rings is 1. The molecule has 2 aliphatic rings. The van der Waals surface area contributed by atoms with E-state index in [-0.39, 0.29) is 0 Å². The molecule has 1 N–H and O–H groups in total. The number of nitrogens with zero attached hydrogens (tertiary/aromatic N) is 1. The molecule has 3 heteroatoms. The van der Waals surface area contributed by atoms with E-state index >= 15 is 0 Å². The van der Waals surface area contributed by atoms with Gasteiger partial charge in [-0.05, 0) is 50.5 Å². The minimum absolute atomic E-state index is 0.779. The molecule has 0 aromatic carbocycles. The van der Waals surface area contributed by atoms with Gasteiger partial charge in [-0.25, -0.2) is 4.98 Å². The van der Waals surface area contributed by atoms with Gasteiger partial charge in [-0.1, -0.05) is 6.42 Å². The molecule has 0 spiro atoms. The van der Waals surface area contributed by atoms with Gasteiger partial charge < -0.3 is 9.73 Å². The molecule has 0 radical (unpaired) electrons. The summed E-state index contributed by atoms with van der Waals surface area (Å²) in [5.41, 5.74) is 0. The Bertz CT molecular complexity index is 361. The third-order valence-electron chi connectivity index (χ3n) is 4.24. The lowest BCUT2D eigenvalue weighted by atomic mass is 9.89. The van der Waals surface area contributed by atoms with Crippen molar-refractivity contribution in [2.24, 2.45) is 17.8 Å². The zero-order chi connectivity index (χ0) is 11.0. The first kappa shape index (κ1) is 10.3. The topological polar surface area (TPSA) is 38.1 Å². The third kappa shape index (κ3) is 2.01. The van der Waals surface area contributed by atoms with E-state index in [1.165, 1.54) is 25.7 Å². The van der Waals surface area contributed by atoms with Gasteiger partial charge in [0.15, 0.2) is 0 Å². The van der Waals surface area contributed by atoms with Gasteiger partial charge in [0.05, 0.1) is 12.7 Å². The van der Waals surface area contributed by atoms with Crippen molar-refractivity contribution < 1.29 is 4.42 Å². The minimum atomic E-state index is 0.779. The van der Waals surface area contributed by atoms with Crippen LogP contribution in [0.4, 0.5) is 0 Å². The van der Waals surface area contributed by atoms with E-state index in [2.05, 4.69) is 10.3 Å². The summed E-state index contributed by atoms with van der Waals surface area (Å²) in [6.07, 6.45) is 7.68. The fourth-order valence-electron chi connectivity index (χ4n) is 3.47. The molecule has 2 bridgehead atoms. The molecule has 1 heterocycles. The van der Waals surface area contributed by atoms with Gasteiger partial charge in [0, 0.05) is 0 Å². The normalized spacial score (nSPS) is 32.4. The van der Waals surface area contributed by atoms with Crippen LogP contribution < -0.4 is 5.32 Å². The van der Waals surface area contributed by atoms with Crippen LogP contribution in [0.3, 0.4) is 0 Å². The number of aromatic nitrogens is 1. The maximum Gasteiger partial charge on any atom is 0.208 e. The zero-order valence-corrected chi connectivity index (χ0v) is 9.91. The second-order valence-electron chi connectivity index (χ2n) is 5.43. The van der Waals surface area contributed by atoms with E-state index in [1.807, 2.05) is 6.92 Å². The molecular formula is C13H20N2O. The molecule has 3 unspecified atom stereocenters. The van der Waals surface area contributed by atoms with Gasteiger partial charge in [-0.3, -0.25) is 0 Å². The van der Waals surface area contributed by atoms with Gasteiger partial charge in [0.2, 0.25) is 5.89 Å². The van der Waals surface area contributed by atoms with E-state index in [0.717, 1.165) is 42.5 Å². The maximum absolute atomic E-state index is 5.44. The summed E-state index contributed by atoms with van der Waals surface area (Å²) < 4.78 is 5.44. The first-order valence-electron chi connectivity index (χ1n) is 6.43. The SMILES string of the molecule is Cc1cnc(CNCC2CC3CCC2C3)o1. The minimum Gasteiger partial charge on any atom is -0.445 e. The van der Waals surface area contributed by atoms with E-state index < -0.39 is 0 Å². The predicted molar refractivity (Wildman–Crippen MR) is 61.9 cm³/mol. The first-order chi connectivity index (χ1) is 7.81. The van der Waals surface area contributed by atoms with Crippen LogP contribution >= 0.6 is 0 Å². The number of fused-ring (bicyclic) bond motifs is 2. The number of nitrogens with one attached hydrogen (secondary N) is 1. The average molecular weight is 220 g/mol. The van der Waals surface area contributed by atoms with Gasteiger partial charge in [-0.2, -0.15) is 0 Å². The van der Waals surface area contributed by atoms with E-state index in [4.69, 9.17) is 4.42 Å². The summed E-state index contributed by atoms with van der Waals surface area (Å²) in [7, 11) is 0. The van der Waals surface area contributed by atoms with Crippen LogP contribution in [0.15, 0.2) is 10.6 Å². The van der Waals surface area contributed by atoms with E-state index in [9.17, 15) is 0 Å². The second-order valence-corrected chi connectivity index (χ2v) is 5.43. The Morgan fingerprint density at radius 2 is 2.38 bits per heavy atom. The van der Waals surface area contributed by atoms with Crippen LogP contribution in [0.2, 0.25) is 0 Å². The van der Waals surface area contributed by atoms with Crippen molar-refractivity contribution in [2.75, 3.05) is 6.54 Å². The third-order valence-corrected chi connectivity index (χ3v) is 4.24. The lowest BCUT2D eigenvalue weighted by molar-refractivity contribution is 0.312. The first-order valence-corrected chi connectivity index (χ1v) is 6.43. The van der Waals surface area contributed by atoms with Crippen molar-refractivity contribution in [3.05, 3.63) is 17.8 Å². The fraction of sp³-hybridized carbons (Fsp3) is 0.769. The highest BCUT2D eigenvalue weighted by atomic mass is 16.4. The summed E-state index contributed by atoms with van der Waals surface area (Å²) in [6, 6.07) is 0. The Morgan fingerprint density at radius 1 is 1.44 bits per heavy atom. The van der Waals surface area contributed by atoms with Gasteiger partial charge in [0.1, 0.15) is 5.76 Å². The van der Waals surface area contributed by atoms with Crippen LogP contribution in [0.25, 0.3) is 0 Å². The lowest BCUT2D eigenvalue weighted by Gasteiger charge is -2.21. The fourth-order valence-corrected chi connectivity index (χ4v) is 3.47. The number of hydrogen-bond donors (Lipinski definition) is 1. The summed E-state index contributed by atoms with van der Waals surface area (Å²) in [6.45, 7) is 3.86. The largest absolute Gasteiger partial charge is 0.445 e. The molecule has 1 aromatic rings. The quantitative estimate of drug-likeness (QED) is 0.847. The van der Waals surface area contributed by atoms with Crippen LogP contribution in [0.1, 0.15) is 37.3 Å². The molecule has 16 heavy (non-hydrogen) atoms. The van der Waals surface area contributed by atoms with E-state index in [1.54, 1.807) is 6.20 Å². The molecule has 0 saturated heterocycles. The highest BCUT2D eigenvalue weighted by molar-refractivity contribution is 4.92. The monoisotopic (exact) mass is 220 g/mol. The lowest BCUT2D eigenvalue weighted by Crippen LogP contribution is -2.26. The molecular weight excluding hydrogens is 200 g/mol. The Labute approximate surface area is 96.6 Å². The van der Waals surface area contributed by atoms with Crippen molar-refractivity contribution in [3.8, 4) is 0 Å². The van der Waals surface area contributed by atoms with Crippen molar-refractivity contribution in [3.63, 3.8) is 0 Å². The summed E-state index contributed by atoms with van der Waals surface area (Å²) in [5.74, 6) is 4.68. The van der Waals surface area contributed by atoms with Gasteiger partial charge in [-0.15, -0.1) is 0 Å². The summed E-state index contributed by atoms with van der Waals surface area (Å²) in [4.78, 5) is 4.20. The second kappa shape index (κ2) is 4.21. The van der Waals surface area contributed by atoms with E-state index in [0.29, 0.717) is 0 Å². The van der Waals surface area contributed by atoms with Crippen molar-refractivity contribution in [1.82, 2.24) is 10.3 Å². The maximum atomic E-state index is 5.44. The number of rotatable bonds is 4. The Hall–Kier alpha value is -0.830. The Balaban J connectivity index is 1.44. The molecule has 3 rings (SSSR count). The molecule has 88 valence electrons. The van der Waals surface area contributed by atoms with Crippen molar-refractivity contribution in [2.45, 2.75) is 39.2 Å². The number of hydrogen-bond acceptors (Lipinski definition) is 3. The Morgan fingerprint density at radius 3 is 3.00 bits per heavy atom. The average Bonchev–Trinajstić information content (AvgIpc) is 2.94. The molecule has 2 fully saturated rings. The van der Waals surface area contributed by atoms with Crippen molar-refractivity contribution >= 4 is 0 Å². The smallest absolute Gasteiger partial charge is 0.208 e. The molecule has 2 saturated carbocycles. The standard InChI is InChI=1S/C13H20N2O/c1-9-6-15-13(16-9)8-14-7-12-5-10-2-3-11(12)4-10/h6,10-12,14H,2-5,7-8H2,1H3. The highest BCUT2D eigenvalue weighted by Gasteiger charge is 2.38. The summed E-state index contributed by atoms with van der Waals surface area (Å²) >= 11 is 0. The molecule has 3 atom stereocenters. The van der Waals surface area contributed by atoms with Crippen LogP contribution in [-0.4, -0.2) is 11.5 Å².